The minimum Gasteiger partial charge on any atom is -0.352 e. The Balaban J connectivity index is 2.54. The second kappa shape index (κ2) is 6.05. The van der Waals surface area contributed by atoms with E-state index in [1.165, 1.54) is 12.5 Å². The zero-order valence-corrected chi connectivity index (χ0v) is 9.75. The molecule has 1 amide bonds. The topological polar surface area (TPSA) is 46.2 Å². The summed E-state index contributed by atoms with van der Waals surface area (Å²) in [7, 11) is 0. The molecule has 0 fully saturated rings. The van der Waals surface area contributed by atoms with Gasteiger partial charge in [-0.05, 0) is 24.5 Å². The standard InChI is InChI=1S/C13H17NO2/c1-3-11-6-4-5-7-12(11)9-14-13(16)8-10(2)15/h4-7H,3,8-9H2,1-2H3,(H,14,16). The summed E-state index contributed by atoms with van der Waals surface area (Å²) in [5.74, 6) is -0.320. The van der Waals surface area contributed by atoms with Crippen LogP contribution in [0, 0.1) is 0 Å². The number of ketones is 1. The number of nitrogens with one attached hydrogen (secondary N) is 1. The monoisotopic (exact) mass is 219 g/mol. The number of rotatable bonds is 5. The summed E-state index contributed by atoms with van der Waals surface area (Å²) in [4.78, 5) is 22.0. The van der Waals surface area contributed by atoms with Crippen molar-refractivity contribution in [3.8, 4) is 0 Å². The Morgan fingerprint density at radius 1 is 1.19 bits per heavy atom. The van der Waals surface area contributed by atoms with E-state index in [9.17, 15) is 9.59 Å². The molecule has 0 aliphatic carbocycles. The number of amides is 1. The van der Waals surface area contributed by atoms with Crippen LogP contribution in [0.15, 0.2) is 24.3 Å². The zero-order valence-electron chi connectivity index (χ0n) is 9.75. The van der Waals surface area contributed by atoms with Crippen molar-refractivity contribution in [1.29, 1.82) is 0 Å². The minimum absolute atomic E-state index is 0.0334. The fourth-order valence-corrected chi connectivity index (χ4v) is 1.56. The predicted molar refractivity (Wildman–Crippen MR) is 63.0 cm³/mol. The van der Waals surface area contributed by atoms with Crippen molar-refractivity contribution in [2.24, 2.45) is 0 Å². The van der Waals surface area contributed by atoms with Gasteiger partial charge in [0.15, 0.2) is 0 Å². The van der Waals surface area contributed by atoms with Gasteiger partial charge in [0.25, 0.3) is 0 Å². The van der Waals surface area contributed by atoms with E-state index in [1.54, 1.807) is 0 Å². The maximum atomic E-state index is 11.3. The number of Topliss-reactive ketones (excluding diaryl/α,β-unsaturated/α-hetero) is 1. The summed E-state index contributed by atoms with van der Waals surface area (Å²) in [6.45, 7) is 3.99. The molecule has 0 aliphatic heterocycles. The molecule has 16 heavy (non-hydrogen) atoms. The van der Waals surface area contributed by atoms with E-state index in [2.05, 4.69) is 12.2 Å². The molecule has 86 valence electrons. The Hall–Kier alpha value is -1.64. The smallest absolute Gasteiger partial charge is 0.227 e. The van der Waals surface area contributed by atoms with E-state index in [0.717, 1.165) is 12.0 Å². The van der Waals surface area contributed by atoms with Crippen LogP contribution < -0.4 is 5.32 Å². The van der Waals surface area contributed by atoms with Crippen LogP contribution in [0.2, 0.25) is 0 Å². The molecule has 1 aromatic carbocycles. The molecule has 0 aliphatic rings. The maximum Gasteiger partial charge on any atom is 0.227 e. The van der Waals surface area contributed by atoms with Gasteiger partial charge in [0.1, 0.15) is 5.78 Å². The van der Waals surface area contributed by atoms with Crippen molar-refractivity contribution in [2.45, 2.75) is 33.2 Å². The second-order valence-corrected chi connectivity index (χ2v) is 3.78. The van der Waals surface area contributed by atoms with Gasteiger partial charge in [-0.25, -0.2) is 0 Å². The highest BCUT2D eigenvalue weighted by Crippen LogP contribution is 2.08. The summed E-state index contributed by atoms with van der Waals surface area (Å²) in [6.07, 6.45) is 0.910. The average molecular weight is 219 g/mol. The Bertz CT molecular complexity index is 385. The molecule has 3 nitrogen and oxygen atoms in total. The largest absolute Gasteiger partial charge is 0.352 e. The van der Waals surface area contributed by atoms with E-state index >= 15 is 0 Å². The molecule has 0 radical (unpaired) electrons. The summed E-state index contributed by atoms with van der Waals surface area (Å²) < 4.78 is 0. The molecule has 1 rings (SSSR count). The molecular weight excluding hydrogens is 202 g/mol. The summed E-state index contributed by atoms with van der Waals surface area (Å²) in [5.41, 5.74) is 2.34. The van der Waals surface area contributed by atoms with Gasteiger partial charge >= 0.3 is 0 Å². The molecule has 0 heterocycles. The Morgan fingerprint density at radius 3 is 2.38 bits per heavy atom. The van der Waals surface area contributed by atoms with Crippen LogP contribution in [0.25, 0.3) is 0 Å². The van der Waals surface area contributed by atoms with Gasteiger partial charge in [-0.1, -0.05) is 31.2 Å². The van der Waals surface area contributed by atoms with Gasteiger partial charge in [0, 0.05) is 6.54 Å². The molecule has 0 bridgehead atoms. The van der Waals surface area contributed by atoms with Gasteiger partial charge in [-0.2, -0.15) is 0 Å². The molecule has 0 spiro atoms. The van der Waals surface area contributed by atoms with Crippen LogP contribution in [0.5, 0.6) is 0 Å². The van der Waals surface area contributed by atoms with Gasteiger partial charge in [0.2, 0.25) is 5.91 Å². The van der Waals surface area contributed by atoms with Crippen molar-refractivity contribution < 1.29 is 9.59 Å². The molecule has 0 saturated heterocycles. The quantitative estimate of drug-likeness (QED) is 0.768. The van der Waals surface area contributed by atoms with E-state index < -0.39 is 0 Å². The first kappa shape index (κ1) is 12.4. The summed E-state index contributed by atoms with van der Waals surface area (Å²) in [6, 6.07) is 7.98. The molecule has 0 unspecified atom stereocenters. The highest BCUT2D eigenvalue weighted by molar-refractivity contribution is 5.96. The van der Waals surface area contributed by atoms with Gasteiger partial charge in [0.05, 0.1) is 6.42 Å². The number of aryl methyl sites for hydroxylation is 1. The molecule has 1 aromatic rings. The average Bonchev–Trinajstić information content (AvgIpc) is 2.26. The van der Waals surface area contributed by atoms with Crippen LogP contribution in [0.3, 0.4) is 0 Å². The van der Waals surface area contributed by atoms with Crippen LogP contribution in [0.1, 0.15) is 31.4 Å². The maximum absolute atomic E-state index is 11.3. The van der Waals surface area contributed by atoms with Crippen molar-refractivity contribution in [3.63, 3.8) is 0 Å². The van der Waals surface area contributed by atoms with Crippen molar-refractivity contribution in [3.05, 3.63) is 35.4 Å². The highest BCUT2D eigenvalue weighted by Gasteiger charge is 2.05. The fourth-order valence-electron chi connectivity index (χ4n) is 1.56. The zero-order chi connectivity index (χ0) is 12.0. The molecule has 0 atom stereocenters. The molecule has 0 aromatic heterocycles. The fraction of sp³-hybridized carbons (Fsp3) is 0.385. The minimum atomic E-state index is -0.210. The Kier molecular flexibility index (Phi) is 4.70. The number of hydrogen-bond acceptors (Lipinski definition) is 2. The first-order valence-electron chi connectivity index (χ1n) is 5.46. The molecule has 3 heteroatoms. The Labute approximate surface area is 95.9 Å². The third-order valence-corrected chi connectivity index (χ3v) is 2.38. The number of carbonyl (C=O) groups excluding carboxylic acids is 2. The molecule has 0 saturated carbocycles. The normalized spacial score (nSPS) is 9.88. The van der Waals surface area contributed by atoms with Crippen LogP contribution in [0.4, 0.5) is 0 Å². The van der Waals surface area contributed by atoms with Crippen LogP contribution in [-0.2, 0) is 22.6 Å². The predicted octanol–water partition coefficient (Wildman–Crippen LogP) is 1.84. The lowest BCUT2D eigenvalue weighted by molar-refractivity contribution is -0.127. The lowest BCUT2D eigenvalue weighted by Crippen LogP contribution is -2.24. The summed E-state index contributed by atoms with van der Waals surface area (Å²) >= 11 is 0. The first-order chi connectivity index (χ1) is 7.63. The van der Waals surface area contributed by atoms with Crippen molar-refractivity contribution >= 4 is 11.7 Å². The van der Waals surface area contributed by atoms with Gasteiger partial charge in [-0.15, -0.1) is 0 Å². The molecular formula is C13H17NO2. The lowest BCUT2D eigenvalue weighted by Gasteiger charge is -2.08. The number of hydrogen-bond donors (Lipinski definition) is 1. The second-order valence-electron chi connectivity index (χ2n) is 3.78. The van der Waals surface area contributed by atoms with E-state index in [4.69, 9.17) is 0 Å². The Morgan fingerprint density at radius 2 is 1.81 bits per heavy atom. The van der Waals surface area contributed by atoms with Crippen LogP contribution in [-0.4, -0.2) is 11.7 Å². The van der Waals surface area contributed by atoms with E-state index in [1.807, 2.05) is 24.3 Å². The number of carbonyl (C=O) groups is 2. The van der Waals surface area contributed by atoms with Gasteiger partial charge in [-0.3, -0.25) is 9.59 Å². The van der Waals surface area contributed by atoms with Gasteiger partial charge < -0.3 is 5.32 Å². The SMILES string of the molecule is CCc1ccccc1CNC(=O)CC(C)=O. The molecule has 1 N–H and O–H groups in total. The van der Waals surface area contributed by atoms with E-state index in [0.29, 0.717) is 6.54 Å². The first-order valence-corrected chi connectivity index (χ1v) is 5.46. The summed E-state index contributed by atoms with van der Waals surface area (Å²) in [5, 5.41) is 2.75. The van der Waals surface area contributed by atoms with Crippen molar-refractivity contribution in [1.82, 2.24) is 5.32 Å². The third kappa shape index (κ3) is 3.85. The van der Waals surface area contributed by atoms with E-state index in [-0.39, 0.29) is 18.1 Å². The van der Waals surface area contributed by atoms with Crippen molar-refractivity contribution in [2.75, 3.05) is 0 Å². The number of benzene rings is 1. The highest BCUT2D eigenvalue weighted by atomic mass is 16.2. The van der Waals surface area contributed by atoms with Crippen LogP contribution >= 0.6 is 0 Å². The lowest BCUT2D eigenvalue weighted by atomic mass is 10.1. The third-order valence-electron chi connectivity index (χ3n) is 2.38.